The van der Waals surface area contributed by atoms with Crippen molar-refractivity contribution in [2.75, 3.05) is 46.4 Å². The summed E-state index contributed by atoms with van der Waals surface area (Å²) >= 11 is 0. The topological polar surface area (TPSA) is 96.7 Å². The first-order valence-corrected chi connectivity index (χ1v) is 11.7. The largest absolute Gasteiger partial charge is 0.481 e. The second kappa shape index (κ2) is 11.2. The van der Waals surface area contributed by atoms with E-state index < -0.39 is 0 Å². The number of methoxy groups -OCH3 is 3. The van der Waals surface area contributed by atoms with E-state index in [-0.39, 0.29) is 12.6 Å². The van der Waals surface area contributed by atoms with E-state index in [9.17, 15) is 4.79 Å². The molecule has 0 aliphatic heterocycles. The Balaban J connectivity index is 1.48. The van der Waals surface area contributed by atoms with Crippen LogP contribution in [0.4, 0.5) is 5.95 Å². The number of fused-ring (bicyclic) bond motifs is 3. The first-order valence-electron chi connectivity index (χ1n) is 11.7. The lowest BCUT2D eigenvalue weighted by molar-refractivity contribution is 0.0388. The van der Waals surface area contributed by atoms with Crippen molar-refractivity contribution in [2.24, 2.45) is 0 Å². The van der Waals surface area contributed by atoms with Crippen molar-refractivity contribution in [1.82, 2.24) is 14.5 Å². The summed E-state index contributed by atoms with van der Waals surface area (Å²) in [4.78, 5) is 21.1. The maximum absolute atomic E-state index is 12.5. The number of ether oxygens (including phenoxy) is 4. The Bertz CT molecular complexity index is 1120. The minimum absolute atomic E-state index is 0.252. The molecule has 0 unspecified atom stereocenters. The van der Waals surface area contributed by atoms with Gasteiger partial charge in [-0.2, -0.15) is 9.97 Å². The molecule has 9 heteroatoms. The van der Waals surface area contributed by atoms with Crippen molar-refractivity contribution in [3.05, 3.63) is 41.1 Å². The molecule has 3 aromatic rings. The Morgan fingerprint density at radius 3 is 2.53 bits per heavy atom. The molecule has 0 saturated heterocycles. The third-order valence-electron chi connectivity index (χ3n) is 6.07. The molecule has 1 aliphatic carbocycles. The van der Waals surface area contributed by atoms with Gasteiger partial charge in [-0.3, -0.25) is 0 Å². The number of carbonyl (C=O) groups is 1. The fraction of sp³-hybridized carbons (Fsp3) is 0.480. The first-order chi connectivity index (χ1) is 16.6. The summed E-state index contributed by atoms with van der Waals surface area (Å²) in [5, 5.41) is 4.42. The summed E-state index contributed by atoms with van der Waals surface area (Å²) in [5.74, 6) is 1.08. The van der Waals surface area contributed by atoms with Gasteiger partial charge in [0.05, 0.1) is 32.5 Å². The molecule has 0 atom stereocenters. The van der Waals surface area contributed by atoms with Crippen LogP contribution in [0.5, 0.6) is 11.8 Å². The van der Waals surface area contributed by atoms with Crippen LogP contribution < -0.4 is 14.8 Å². The van der Waals surface area contributed by atoms with Crippen LogP contribution in [0.2, 0.25) is 0 Å². The lowest BCUT2D eigenvalue weighted by atomic mass is 9.95. The monoisotopic (exact) mass is 468 g/mol. The summed E-state index contributed by atoms with van der Waals surface area (Å²) in [5.41, 5.74) is 4.49. The highest BCUT2D eigenvalue weighted by atomic mass is 16.6. The predicted octanol–water partition coefficient (Wildman–Crippen LogP) is 3.63. The van der Waals surface area contributed by atoms with Crippen LogP contribution in [0.15, 0.2) is 24.3 Å². The van der Waals surface area contributed by atoms with Crippen LogP contribution in [-0.4, -0.2) is 61.6 Å². The quantitative estimate of drug-likeness (QED) is 0.337. The van der Waals surface area contributed by atoms with Gasteiger partial charge in [0.25, 0.3) is 0 Å². The predicted molar refractivity (Wildman–Crippen MR) is 129 cm³/mol. The average Bonchev–Trinajstić information content (AvgIpc) is 3.19. The molecule has 0 amide bonds. The number of nitrogens with zero attached hydrogens (tertiary/aromatic N) is 3. The summed E-state index contributed by atoms with van der Waals surface area (Å²) in [6.07, 6.45) is 5.34. The van der Waals surface area contributed by atoms with E-state index in [0.29, 0.717) is 36.4 Å². The minimum atomic E-state index is -0.311. The second-order valence-corrected chi connectivity index (χ2v) is 8.20. The van der Waals surface area contributed by atoms with E-state index in [0.717, 1.165) is 31.2 Å². The molecule has 4 rings (SSSR count). The minimum Gasteiger partial charge on any atom is -0.481 e. The Labute approximate surface area is 199 Å². The highest BCUT2D eigenvalue weighted by Crippen LogP contribution is 2.33. The van der Waals surface area contributed by atoms with Gasteiger partial charge in [0.15, 0.2) is 0 Å². The molecule has 182 valence electrons. The molecule has 34 heavy (non-hydrogen) atoms. The molecule has 2 aromatic heterocycles. The van der Waals surface area contributed by atoms with Crippen molar-refractivity contribution in [1.29, 1.82) is 0 Å². The Morgan fingerprint density at radius 2 is 1.79 bits per heavy atom. The fourth-order valence-electron chi connectivity index (χ4n) is 4.45. The summed E-state index contributed by atoms with van der Waals surface area (Å²) in [6, 6.07) is 7.53. The van der Waals surface area contributed by atoms with E-state index in [4.69, 9.17) is 18.9 Å². The third kappa shape index (κ3) is 5.25. The fourth-order valence-corrected chi connectivity index (χ4v) is 4.45. The normalized spacial score (nSPS) is 12.9. The van der Waals surface area contributed by atoms with Gasteiger partial charge in [-0.15, -0.1) is 0 Å². The molecule has 1 aromatic carbocycles. The number of benzene rings is 1. The molecule has 0 spiro atoms. The summed E-state index contributed by atoms with van der Waals surface area (Å²) < 4.78 is 23.1. The van der Waals surface area contributed by atoms with Gasteiger partial charge >= 0.3 is 5.97 Å². The van der Waals surface area contributed by atoms with Gasteiger partial charge in [-0.05, 0) is 55.9 Å². The zero-order valence-corrected chi connectivity index (χ0v) is 20.1. The second-order valence-electron chi connectivity index (χ2n) is 8.20. The van der Waals surface area contributed by atoms with Gasteiger partial charge in [-0.1, -0.05) is 0 Å². The van der Waals surface area contributed by atoms with E-state index >= 15 is 0 Å². The number of esters is 1. The summed E-state index contributed by atoms with van der Waals surface area (Å²) in [7, 11) is 4.72. The Morgan fingerprint density at radius 1 is 1.03 bits per heavy atom. The van der Waals surface area contributed by atoms with Crippen LogP contribution in [0, 0.1) is 0 Å². The van der Waals surface area contributed by atoms with Gasteiger partial charge < -0.3 is 28.8 Å². The molecule has 0 saturated carbocycles. The smallest absolute Gasteiger partial charge is 0.338 e. The molecule has 0 bridgehead atoms. The molecule has 1 aliphatic rings. The van der Waals surface area contributed by atoms with Gasteiger partial charge in [0.1, 0.15) is 6.61 Å². The molecule has 1 N–H and O–H groups in total. The van der Waals surface area contributed by atoms with Crippen LogP contribution in [0.3, 0.4) is 0 Å². The van der Waals surface area contributed by atoms with E-state index in [1.165, 1.54) is 29.6 Å². The first kappa shape index (κ1) is 23.8. The zero-order chi connectivity index (χ0) is 23.9. The number of aryl methyl sites for hydroxylation is 2. The molecule has 9 nitrogen and oxygen atoms in total. The third-order valence-corrected chi connectivity index (χ3v) is 6.07. The number of nitrogens with one attached hydrogen (secondary N) is 1. The number of hydrogen-bond acceptors (Lipinski definition) is 8. The van der Waals surface area contributed by atoms with Crippen LogP contribution in [0.1, 0.15) is 40.9 Å². The zero-order valence-electron chi connectivity index (χ0n) is 20.1. The lowest BCUT2D eigenvalue weighted by Crippen LogP contribution is -2.12. The van der Waals surface area contributed by atoms with Gasteiger partial charge in [0.2, 0.25) is 17.7 Å². The molecular weight excluding hydrogens is 436 g/mol. The van der Waals surface area contributed by atoms with E-state index in [1.807, 2.05) is 18.2 Å². The van der Waals surface area contributed by atoms with E-state index in [2.05, 4.69) is 19.9 Å². The summed E-state index contributed by atoms with van der Waals surface area (Å²) in [6.45, 7) is 2.20. The SMILES string of the molecule is COCCOC(=O)c1ccc2c(c1)c1c(n2CCCNc2nc(OC)cc(OC)n2)CCCC1. The number of anilines is 1. The molecular formula is C25H32N4O5. The average molecular weight is 469 g/mol. The number of carbonyl (C=O) groups excluding carboxylic acids is 1. The van der Waals surface area contributed by atoms with Crippen molar-refractivity contribution in [3.63, 3.8) is 0 Å². The van der Waals surface area contributed by atoms with Crippen molar-refractivity contribution < 1.29 is 23.7 Å². The number of hydrogen-bond donors (Lipinski definition) is 1. The Hall–Kier alpha value is -3.33. The Kier molecular flexibility index (Phi) is 7.84. The van der Waals surface area contributed by atoms with Crippen LogP contribution in [0.25, 0.3) is 10.9 Å². The standard InChI is InChI=1S/C25H32N4O5/c1-31-13-14-34-24(30)17-9-10-21-19(15-17)18-7-4-5-8-20(18)29(21)12-6-11-26-25-27-22(32-2)16-23(28-25)33-3/h9-10,15-16H,4-8,11-14H2,1-3H3,(H,26,27,28). The van der Waals surface area contributed by atoms with Gasteiger partial charge in [-0.25, -0.2) is 4.79 Å². The van der Waals surface area contributed by atoms with Gasteiger partial charge in [0, 0.05) is 36.8 Å². The molecule has 2 heterocycles. The molecule has 0 fully saturated rings. The molecule has 0 radical (unpaired) electrons. The van der Waals surface area contributed by atoms with Crippen LogP contribution in [-0.2, 0) is 28.9 Å². The highest BCUT2D eigenvalue weighted by molar-refractivity contribution is 5.96. The van der Waals surface area contributed by atoms with Crippen molar-refractivity contribution >= 4 is 22.8 Å². The maximum atomic E-state index is 12.5. The van der Waals surface area contributed by atoms with E-state index in [1.54, 1.807) is 27.4 Å². The van der Waals surface area contributed by atoms with Crippen molar-refractivity contribution in [2.45, 2.75) is 38.6 Å². The number of aromatic nitrogens is 3. The maximum Gasteiger partial charge on any atom is 0.338 e. The highest BCUT2D eigenvalue weighted by Gasteiger charge is 2.21. The van der Waals surface area contributed by atoms with Crippen LogP contribution >= 0.6 is 0 Å². The number of rotatable bonds is 11. The lowest BCUT2D eigenvalue weighted by Gasteiger charge is -2.16. The van der Waals surface area contributed by atoms with Crippen molar-refractivity contribution in [3.8, 4) is 11.8 Å².